The summed E-state index contributed by atoms with van der Waals surface area (Å²) in [5, 5.41) is 0. The van der Waals surface area contributed by atoms with Gasteiger partial charge in [0.1, 0.15) is 0 Å². The van der Waals surface area contributed by atoms with Gasteiger partial charge in [0.25, 0.3) is 0 Å². The smallest absolute Gasteiger partial charge is 0.0226 e. The fourth-order valence-corrected chi connectivity index (χ4v) is 3.67. The van der Waals surface area contributed by atoms with Crippen molar-refractivity contribution in [2.75, 3.05) is 0 Å². The molecule has 0 heterocycles. The Balaban J connectivity index is 2.95. The molecule has 1 atom stereocenters. The molecule has 0 radical (unpaired) electrons. The Morgan fingerprint density at radius 1 is 1.17 bits per heavy atom. The number of rotatable bonds is 2. The third-order valence-electron chi connectivity index (χ3n) is 4.76. The Hall–Kier alpha value is 0. The van der Waals surface area contributed by atoms with E-state index in [1.807, 2.05) is 0 Å². The number of hydrogen-bond acceptors (Lipinski definition) is 0. The summed E-state index contributed by atoms with van der Waals surface area (Å²) < 4.78 is 0. The van der Waals surface area contributed by atoms with Crippen LogP contribution < -0.4 is 0 Å². The summed E-state index contributed by atoms with van der Waals surface area (Å²) in [7, 11) is 0. The lowest BCUT2D eigenvalue weighted by Crippen LogP contribution is -2.35. The highest BCUT2D eigenvalue weighted by atomic mass is 14.5. The molecule has 1 fully saturated rings. The molecule has 12 heavy (non-hydrogen) atoms. The third kappa shape index (κ3) is 1.11. The summed E-state index contributed by atoms with van der Waals surface area (Å²) in [5.41, 5.74) is 1.21. The molecule has 1 aliphatic rings. The van der Waals surface area contributed by atoms with Crippen LogP contribution in [0.3, 0.4) is 0 Å². The van der Waals surface area contributed by atoms with Crippen LogP contribution in [0.1, 0.15) is 60.3 Å². The second-order valence-corrected chi connectivity index (χ2v) is 5.19. The van der Waals surface area contributed by atoms with E-state index in [1.54, 1.807) is 0 Å². The zero-order chi connectivity index (χ0) is 9.41. The van der Waals surface area contributed by atoms with E-state index in [1.165, 1.54) is 25.7 Å². The Morgan fingerprint density at radius 2 is 1.67 bits per heavy atom. The molecular formula is C12H24. The first-order valence-electron chi connectivity index (χ1n) is 5.50. The minimum atomic E-state index is 0.579. The quantitative estimate of drug-likeness (QED) is 0.578. The molecular weight excluding hydrogens is 144 g/mol. The highest BCUT2D eigenvalue weighted by Crippen LogP contribution is 2.59. The predicted octanol–water partition coefficient (Wildman–Crippen LogP) is 4.25. The van der Waals surface area contributed by atoms with E-state index in [-0.39, 0.29) is 0 Å². The lowest BCUT2D eigenvalue weighted by Gasteiger charge is -2.43. The van der Waals surface area contributed by atoms with E-state index < -0.39 is 0 Å². The van der Waals surface area contributed by atoms with Crippen molar-refractivity contribution in [2.45, 2.75) is 60.3 Å². The maximum atomic E-state index is 2.46. The van der Waals surface area contributed by atoms with Gasteiger partial charge >= 0.3 is 0 Å². The van der Waals surface area contributed by atoms with Crippen LogP contribution in [0.25, 0.3) is 0 Å². The Morgan fingerprint density at radius 3 is 1.83 bits per heavy atom. The van der Waals surface area contributed by atoms with Crippen molar-refractivity contribution in [3.63, 3.8) is 0 Å². The Bertz CT molecular complexity index is 151. The molecule has 0 aromatic rings. The Kier molecular flexibility index (Phi) is 2.56. The summed E-state index contributed by atoms with van der Waals surface area (Å²) in [6.45, 7) is 12.1. The standard InChI is InChI=1S/C12H24/c1-6-12(7-2)10(3)8-9-11(12,4)5/h10H,6-9H2,1-5H3. The molecule has 1 unspecified atom stereocenters. The van der Waals surface area contributed by atoms with E-state index in [4.69, 9.17) is 0 Å². The molecule has 72 valence electrons. The molecule has 0 N–H and O–H groups in total. The van der Waals surface area contributed by atoms with Gasteiger partial charge in [-0.3, -0.25) is 0 Å². The summed E-state index contributed by atoms with van der Waals surface area (Å²) >= 11 is 0. The molecule has 0 heteroatoms. The highest BCUT2D eigenvalue weighted by molar-refractivity contribution is 4.99. The third-order valence-corrected chi connectivity index (χ3v) is 4.76. The molecule has 1 saturated carbocycles. The molecule has 0 aromatic heterocycles. The maximum absolute atomic E-state index is 2.46. The molecule has 0 bridgehead atoms. The molecule has 1 aliphatic carbocycles. The molecule has 0 aromatic carbocycles. The predicted molar refractivity (Wildman–Crippen MR) is 55.2 cm³/mol. The minimum absolute atomic E-state index is 0.579. The average Bonchev–Trinajstić information content (AvgIpc) is 2.24. The fraction of sp³-hybridized carbons (Fsp3) is 1.00. The van der Waals surface area contributed by atoms with Gasteiger partial charge in [-0.15, -0.1) is 0 Å². The monoisotopic (exact) mass is 168 g/mol. The van der Waals surface area contributed by atoms with Crippen LogP contribution in [0.2, 0.25) is 0 Å². The lowest BCUT2D eigenvalue weighted by molar-refractivity contribution is 0.0581. The van der Waals surface area contributed by atoms with Crippen molar-refractivity contribution in [2.24, 2.45) is 16.7 Å². The molecule has 0 aliphatic heterocycles. The molecule has 0 saturated heterocycles. The van der Waals surface area contributed by atoms with Gasteiger partial charge in [-0.2, -0.15) is 0 Å². The molecule has 0 amide bonds. The summed E-state index contributed by atoms with van der Waals surface area (Å²) in [6.07, 6.45) is 5.58. The Labute approximate surface area is 77.7 Å². The lowest BCUT2D eigenvalue weighted by atomic mass is 9.61. The van der Waals surface area contributed by atoms with Gasteiger partial charge in [0, 0.05) is 0 Å². The maximum Gasteiger partial charge on any atom is -0.0226 e. The van der Waals surface area contributed by atoms with Gasteiger partial charge in [-0.05, 0) is 42.4 Å². The van der Waals surface area contributed by atoms with Crippen molar-refractivity contribution in [1.82, 2.24) is 0 Å². The zero-order valence-electron chi connectivity index (χ0n) is 9.41. The second kappa shape index (κ2) is 3.05. The van der Waals surface area contributed by atoms with Crippen LogP contribution in [-0.2, 0) is 0 Å². The van der Waals surface area contributed by atoms with E-state index in [2.05, 4.69) is 34.6 Å². The van der Waals surface area contributed by atoms with E-state index in [0.29, 0.717) is 10.8 Å². The van der Waals surface area contributed by atoms with E-state index in [0.717, 1.165) is 5.92 Å². The van der Waals surface area contributed by atoms with Crippen molar-refractivity contribution in [3.05, 3.63) is 0 Å². The SMILES string of the molecule is CCC1(CC)C(C)CCC1(C)C. The summed E-state index contributed by atoms with van der Waals surface area (Å²) in [6, 6.07) is 0. The number of hydrogen-bond donors (Lipinski definition) is 0. The normalized spacial score (nSPS) is 32.2. The van der Waals surface area contributed by atoms with Crippen LogP contribution in [0, 0.1) is 16.7 Å². The van der Waals surface area contributed by atoms with Gasteiger partial charge in [0.05, 0.1) is 0 Å². The van der Waals surface area contributed by atoms with Gasteiger partial charge in [-0.1, -0.05) is 34.6 Å². The van der Waals surface area contributed by atoms with Gasteiger partial charge in [0.15, 0.2) is 0 Å². The van der Waals surface area contributed by atoms with Gasteiger partial charge in [0.2, 0.25) is 0 Å². The van der Waals surface area contributed by atoms with Crippen molar-refractivity contribution < 1.29 is 0 Å². The van der Waals surface area contributed by atoms with Crippen LogP contribution in [0.5, 0.6) is 0 Å². The van der Waals surface area contributed by atoms with Gasteiger partial charge < -0.3 is 0 Å². The highest BCUT2D eigenvalue weighted by Gasteiger charge is 2.50. The molecule has 0 spiro atoms. The van der Waals surface area contributed by atoms with Crippen LogP contribution in [0.15, 0.2) is 0 Å². The van der Waals surface area contributed by atoms with Crippen molar-refractivity contribution in [1.29, 1.82) is 0 Å². The summed E-state index contributed by atoms with van der Waals surface area (Å²) in [4.78, 5) is 0. The largest absolute Gasteiger partial charge is 0.0648 e. The van der Waals surface area contributed by atoms with Crippen molar-refractivity contribution in [3.8, 4) is 0 Å². The first-order valence-corrected chi connectivity index (χ1v) is 5.50. The van der Waals surface area contributed by atoms with Crippen LogP contribution in [0.4, 0.5) is 0 Å². The molecule has 0 nitrogen and oxygen atoms in total. The zero-order valence-corrected chi connectivity index (χ0v) is 9.41. The topological polar surface area (TPSA) is 0 Å². The summed E-state index contributed by atoms with van der Waals surface area (Å²) in [5.74, 6) is 0.933. The first kappa shape index (κ1) is 10.1. The van der Waals surface area contributed by atoms with Crippen LogP contribution >= 0.6 is 0 Å². The average molecular weight is 168 g/mol. The van der Waals surface area contributed by atoms with Gasteiger partial charge in [-0.25, -0.2) is 0 Å². The second-order valence-electron chi connectivity index (χ2n) is 5.19. The minimum Gasteiger partial charge on any atom is -0.0648 e. The first-order chi connectivity index (χ1) is 5.50. The van der Waals surface area contributed by atoms with Crippen molar-refractivity contribution >= 4 is 0 Å². The fourth-order valence-electron chi connectivity index (χ4n) is 3.67. The van der Waals surface area contributed by atoms with E-state index >= 15 is 0 Å². The molecule has 1 rings (SSSR count). The van der Waals surface area contributed by atoms with E-state index in [9.17, 15) is 0 Å². The van der Waals surface area contributed by atoms with Crippen LogP contribution in [-0.4, -0.2) is 0 Å².